The van der Waals surface area contributed by atoms with Gasteiger partial charge in [-0.2, -0.15) is 0 Å². The average Bonchev–Trinajstić information content (AvgIpc) is 2.34. The fourth-order valence-electron chi connectivity index (χ4n) is 0.714. The monoisotopic (exact) mass is 526 g/mol. The van der Waals surface area contributed by atoms with E-state index in [0.29, 0.717) is 0 Å². The normalized spacial score (nSPS) is 7.00. The largest absolute Gasteiger partial charge is 3.00 e. The van der Waals surface area contributed by atoms with E-state index in [-0.39, 0.29) is 39.2 Å². The van der Waals surface area contributed by atoms with Crippen molar-refractivity contribution in [3.63, 3.8) is 0 Å². The second-order valence-corrected chi connectivity index (χ2v) is 2.48. The quantitative estimate of drug-likeness (QED) is 0.255. The molecule has 0 rings (SSSR count). The molecule has 0 bridgehead atoms. The van der Waals surface area contributed by atoms with Crippen molar-refractivity contribution in [1.29, 1.82) is 15.8 Å². The Morgan fingerprint density at radius 2 is 1.00 bits per heavy atom. The number of aliphatic hydroxyl groups is 1. The van der Waals surface area contributed by atoms with Crippen LogP contribution in [0.2, 0.25) is 0 Å². The molecular weight excluding hydrogens is 518 g/mol. The molecule has 0 fully saturated rings. The molecule has 0 amide bonds. The summed E-state index contributed by atoms with van der Waals surface area (Å²) >= 11 is 0. The fourth-order valence-corrected chi connectivity index (χ4v) is 0.714. The maximum atomic E-state index is 10.3. The molecule has 0 heterocycles. The molecule has 0 aliphatic heterocycles. The smallest absolute Gasteiger partial charge is 0.512 e. The summed E-state index contributed by atoms with van der Waals surface area (Å²) in [4.78, 5) is 30.5. The van der Waals surface area contributed by atoms with Crippen LogP contribution in [-0.4, -0.2) is 43.9 Å². The van der Waals surface area contributed by atoms with Gasteiger partial charge >= 0.3 is 40.3 Å². The Bertz CT molecular complexity index is 340. The van der Waals surface area contributed by atoms with Crippen molar-refractivity contribution in [2.45, 2.75) is 18.4 Å². The fraction of sp³-hybridized carbons (Fsp3) is 0.333. The summed E-state index contributed by atoms with van der Waals surface area (Å²) in [6.07, 6.45) is -2.29. The van der Waals surface area contributed by atoms with Crippen molar-refractivity contribution in [2.24, 2.45) is 0 Å². The van der Waals surface area contributed by atoms with E-state index in [1.807, 2.05) is 0 Å². The van der Waals surface area contributed by atoms with Crippen molar-refractivity contribution < 1.29 is 74.0 Å². The molecule has 0 saturated carbocycles. The van der Waals surface area contributed by atoms with E-state index in [9.17, 15) is 14.4 Å². The number of hydrogen-bond donors (Lipinski definition) is 4. The van der Waals surface area contributed by atoms with Gasteiger partial charge in [0, 0.05) is 16.8 Å². The third-order valence-electron chi connectivity index (χ3n) is 1.29. The minimum Gasteiger partial charge on any atom is -0.512 e. The van der Waals surface area contributed by atoms with Gasteiger partial charge in [-0.05, 0) is 0 Å². The zero-order valence-electron chi connectivity index (χ0n) is 9.90. The van der Waals surface area contributed by atoms with Crippen molar-refractivity contribution in [2.75, 3.05) is 0 Å². The molecule has 4 N–H and O–H groups in total. The topological polar surface area (TPSA) is 203 Å². The number of carboxylic acids is 3. The first-order chi connectivity index (χ1) is 8.78. The van der Waals surface area contributed by atoms with Crippen molar-refractivity contribution in [3.8, 4) is 0 Å². The first-order valence-corrected chi connectivity index (χ1v) is 3.84. The molecule has 0 unspecified atom stereocenters. The van der Waals surface area contributed by atoms with Crippen LogP contribution in [0.25, 0.3) is 0 Å². The minimum atomic E-state index is -2.74. The molecule has 121 valence electrons. The summed E-state index contributed by atoms with van der Waals surface area (Å²) in [5, 5.41) is 52.6. The standard InChI is InChI=1S/C6H8O7.3CN.Au.Co/c7-3(8)1-6(13,5(11)12)2-4(9)10;3*1-2;;/h13H,1-2H2,(H,7,8)(H,9,10)(H,11,12);;;;;/q;3*-1;+3;. The van der Waals surface area contributed by atoms with E-state index in [1.54, 1.807) is 0 Å². The van der Waals surface area contributed by atoms with Crippen LogP contribution in [0.4, 0.5) is 0 Å². The number of hydrogen-bond acceptors (Lipinski definition) is 7. The first kappa shape index (κ1) is 36.5. The predicted molar refractivity (Wildman–Crippen MR) is 52.0 cm³/mol. The summed E-state index contributed by atoms with van der Waals surface area (Å²) in [7, 11) is 0. The Labute approximate surface area is 145 Å². The molecule has 1 radical (unpaired) electrons. The molecule has 0 atom stereocenters. The van der Waals surface area contributed by atoms with E-state index >= 15 is 0 Å². The van der Waals surface area contributed by atoms with Crippen molar-refractivity contribution in [3.05, 3.63) is 19.7 Å². The third kappa shape index (κ3) is 23.6. The van der Waals surface area contributed by atoms with Crippen LogP contribution in [0.1, 0.15) is 12.8 Å². The van der Waals surface area contributed by atoms with Gasteiger partial charge in [-0.3, -0.25) is 9.59 Å². The Kier molecular flexibility index (Phi) is 40.3. The van der Waals surface area contributed by atoms with Gasteiger partial charge < -0.3 is 55.9 Å². The van der Waals surface area contributed by atoms with Gasteiger partial charge in [0.05, 0.1) is 12.8 Å². The Hall–Kier alpha value is -1.91. The second-order valence-electron chi connectivity index (χ2n) is 2.48. The first-order valence-electron chi connectivity index (χ1n) is 3.84. The summed E-state index contributed by atoms with van der Waals surface area (Å²) in [6.45, 7) is 14.2. The van der Waals surface area contributed by atoms with Crippen LogP contribution in [0.3, 0.4) is 0 Å². The maximum absolute atomic E-state index is 10.3. The molecule has 0 aliphatic rings. The van der Waals surface area contributed by atoms with Crippen LogP contribution in [-0.2, 0) is 53.5 Å². The number of aliphatic carboxylic acids is 3. The Morgan fingerprint density at radius 1 is 0.810 bits per heavy atom. The predicted octanol–water partition coefficient (Wildman–Crippen LogP) is -0.964. The molecule has 0 spiro atoms. The van der Waals surface area contributed by atoms with Gasteiger partial charge in [0.1, 0.15) is 0 Å². The SMILES string of the molecule is O=C(O)CC(O)(CC(=O)O)C(=O)O.[Au+3].[C-]#N.[C-]#N.[C-]#N.[Co]. The molecule has 21 heavy (non-hydrogen) atoms. The van der Waals surface area contributed by atoms with Gasteiger partial charge in [0.15, 0.2) is 5.60 Å². The molecule has 12 heteroatoms. The minimum absolute atomic E-state index is 0. The van der Waals surface area contributed by atoms with E-state index in [1.165, 1.54) is 0 Å². The number of nitrogens with zero attached hydrogens (tertiary/aromatic N) is 3. The molecule has 0 aromatic rings. The van der Waals surface area contributed by atoms with Crippen LogP contribution in [0.15, 0.2) is 0 Å². The summed E-state index contributed by atoms with van der Waals surface area (Å²) < 4.78 is 0. The van der Waals surface area contributed by atoms with E-state index < -0.39 is 36.4 Å². The molecule has 10 nitrogen and oxygen atoms in total. The van der Waals surface area contributed by atoms with Crippen molar-refractivity contribution >= 4 is 17.9 Å². The third-order valence-corrected chi connectivity index (χ3v) is 1.29. The van der Waals surface area contributed by atoms with Crippen LogP contribution in [0, 0.1) is 35.5 Å². The molecular formula is C9H8AuCoN3O7. The summed E-state index contributed by atoms with van der Waals surface area (Å²) in [6, 6.07) is 0. The summed E-state index contributed by atoms with van der Waals surface area (Å²) in [5.41, 5.74) is -2.74. The Morgan fingerprint density at radius 3 is 1.10 bits per heavy atom. The van der Waals surface area contributed by atoms with Gasteiger partial charge in [0.2, 0.25) is 0 Å². The number of carbonyl (C=O) groups is 3. The van der Waals surface area contributed by atoms with E-state index in [4.69, 9.17) is 55.9 Å². The average molecular weight is 526 g/mol. The number of rotatable bonds is 5. The number of carboxylic acid groups (broad SMARTS) is 3. The van der Waals surface area contributed by atoms with Crippen LogP contribution in [0.5, 0.6) is 0 Å². The molecule has 0 aliphatic carbocycles. The molecule has 0 saturated heterocycles. The zero-order chi connectivity index (χ0) is 16.6. The zero-order valence-corrected chi connectivity index (χ0v) is 13.1. The van der Waals surface area contributed by atoms with Crippen LogP contribution >= 0.6 is 0 Å². The van der Waals surface area contributed by atoms with E-state index in [0.717, 1.165) is 0 Å². The van der Waals surface area contributed by atoms with Crippen molar-refractivity contribution in [1.82, 2.24) is 0 Å². The Balaban J connectivity index is -0.0000000622. The van der Waals surface area contributed by atoms with Crippen LogP contribution < -0.4 is 0 Å². The van der Waals surface area contributed by atoms with Gasteiger partial charge in [-0.25, -0.2) is 4.79 Å². The second kappa shape index (κ2) is 23.2. The molecule has 0 aromatic heterocycles. The van der Waals surface area contributed by atoms with Gasteiger partial charge in [0.25, 0.3) is 0 Å². The van der Waals surface area contributed by atoms with Gasteiger partial charge in [-0.15, -0.1) is 0 Å². The van der Waals surface area contributed by atoms with E-state index in [2.05, 4.69) is 0 Å². The molecule has 0 aromatic carbocycles. The summed E-state index contributed by atoms with van der Waals surface area (Å²) in [5.74, 6) is -5.02. The van der Waals surface area contributed by atoms with Gasteiger partial charge in [-0.1, -0.05) is 0 Å². The maximum Gasteiger partial charge on any atom is 3.00 e.